The zero-order valence-corrected chi connectivity index (χ0v) is 12.3. The van der Waals surface area contributed by atoms with Crippen LogP contribution in [0.25, 0.3) is 10.2 Å². The Morgan fingerprint density at radius 3 is 3.09 bits per heavy atom. The van der Waals surface area contributed by atoms with Gasteiger partial charge in [-0.2, -0.15) is 0 Å². The second-order valence-corrected chi connectivity index (χ2v) is 6.35. The first-order valence-electron chi connectivity index (χ1n) is 6.95. The molecule has 1 aliphatic rings. The standard InChI is InChI=1S/C16H13FN2O2S/c17-10-2-1-9-7-12(15(20)11(9)8-10)18-16(21)19-5-3-14-13(19)4-6-22-14/h1-6,8,12,15,20H,7H2,(H,18,21). The number of aliphatic hydroxyl groups excluding tert-OH is 1. The first kappa shape index (κ1) is 13.5. The lowest BCUT2D eigenvalue weighted by Crippen LogP contribution is -2.40. The van der Waals surface area contributed by atoms with Gasteiger partial charge in [0.25, 0.3) is 0 Å². The highest BCUT2D eigenvalue weighted by Gasteiger charge is 2.32. The van der Waals surface area contributed by atoms with Crippen molar-refractivity contribution in [2.24, 2.45) is 0 Å². The summed E-state index contributed by atoms with van der Waals surface area (Å²) >= 11 is 1.57. The molecule has 2 aromatic heterocycles. The second kappa shape index (κ2) is 4.93. The first-order valence-corrected chi connectivity index (χ1v) is 7.83. The number of aliphatic hydroxyl groups is 1. The van der Waals surface area contributed by atoms with Crippen LogP contribution in [0.3, 0.4) is 0 Å². The minimum Gasteiger partial charge on any atom is -0.386 e. The van der Waals surface area contributed by atoms with E-state index in [1.807, 2.05) is 17.5 Å². The molecule has 4 nitrogen and oxygen atoms in total. The predicted molar refractivity (Wildman–Crippen MR) is 82.6 cm³/mol. The van der Waals surface area contributed by atoms with Gasteiger partial charge in [0.15, 0.2) is 0 Å². The third-order valence-corrected chi connectivity index (χ3v) is 4.95. The van der Waals surface area contributed by atoms with Gasteiger partial charge < -0.3 is 10.4 Å². The van der Waals surface area contributed by atoms with Crippen LogP contribution in [-0.2, 0) is 6.42 Å². The van der Waals surface area contributed by atoms with Crippen LogP contribution in [0.4, 0.5) is 9.18 Å². The fraction of sp³-hybridized carbons (Fsp3) is 0.188. The largest absolute Gasteiger partial charge is 0.386 e. The number of aromatic nitrogens is 1. The normalized spacial score (nSPS) is 20.3. The molecule has 4 rings (SSSR count). The summed E-state index contributed by atoms with van der Waals surface area (Å²) in [6.45, 7) is 0. The number of amides is 1. The van der Waals surface area contributed by atoms with E-state index in [-0.39, 0.29) is 11.8 Å². The molecule has 2 heterocycles. The maximum Gasteiger partial charge on any atom is 0.326 e. The molecule has 2 unspecified atom stereocenters. The molecule has 0 radical (unpaired) electrons. The van der Waals surface area contributed by atoms with E-state index >= 15 is 0 Å². The fourth-order valence-electron chi connectivity index (χ4n) is 2.99. The van der Waals surface area contributed by atoms with E-state index in [4.69, 9.17) is 0 Å². The number of hydrogen-bond acceptors (Lipinski definition) is 3. The lowest BCUT2D eigenvalue weighted by atomic mass is 10.1. The van der Waals surface area contributed by atoms with Gasteiger partial charge in [0.1, 0.15) is 5.82 Å². The van der Waals surface area contributed by atoms with E-state index in [1.165, 1.54) is 16.7 Å². The van der Waals surface area contributed by atoms with E-state index in [2.05, 4.69) is 5.32 Å². The fourth-order valence-corrected chi connectivity index (χ4v) is 3.76. The SMILES string of the molecule is O=C(NC1Cc2ccc(F)cc2C1O)n1ccc2sccc21. The molecule has 0 fully saturated rings. The average molecular weight is 316 g/mol. The van der Waals surface area contributed by atoms with Gasteiger partial charge in [-0.05, 0) is 47.2 Å². The summed E-state index contributed by atoms with van der Waals surface area (Å²) < 4.78 is 15.9. The van der Waals surface area contributed by atoms with Gasteiger partial charge in [-0.1, -0.05) is 6.07 Å². The Morgan fingerprint density at radius 2 is 2.23 bits per heavy atom. The molecule has 3 aromatic rings. The van der Waals surface area contributed by atoms with Crippen LogP contribution in [0.5, 0.6) is 0 Å². The van der Waals surface area contributed by atoms with E-state index < -0.39 is 12.1 Å². The van der Waals surface area contributed by atoms with Crippen molar-refractivity contribution in [3.05, 3.63) is 58.9 Å². The average Bonchev–Trinajstić information content (AvgIpc) is 3.15. The molecule has 1 aliphatic carbocycles. The predicted octanol–water partition coefficient (Wildman–Crippen LogP) is 3.06. The maximum absolute atomic E-state index is 13.3. The Bertz CT molecular complexity index is 870. The lowest BCUT2D eigenvalue weighted by molar-refractivity contribution is 0.143. The summed E-state index contributed by atoms with van der Waals surface area (Å²) in [6.07, 6.45) is 1.32. The van der Waals surface area contributed by atoms with Crippen molar-refractivity contribution in [3.8, 4) is 0 Å². The zero-order chi connectivity index (χ0) is 15.3. The Balaban J connectivity index is 1.57. The number of nitrogens with zero attached hydrogens (tertiary/aromatic N) is 1. The van der Waals surface area contributed by atoms with Crippen molar-refractivity contribution in [3.63, 3.8) is 0 Å². The van der Waals surface area contributed by atoms with Crippen molar-refractivity contribution in [1.29, 1.82) is 0 Å². The summed E-state index contributed by atoms with van der Waals surface area (Å²) in [5, 5.41) is 15.1. The molecular weight excluding hydrogens is 303 g/mol. The number of nitrogens with one attached hydrogen (secondary N) is 1. The minimum atomic E-state index is -0.886. The van der Waals surface area contributed by atoms with Crippen molar-refractivity contribution in [2.75, 3.05) is 0 Å². The molecule has 6 heteroatoms. The highest BCUT2D eigenvalue weighted by atomic mass is 32.1. The summed E-state index contributed by atoms with van der Waals surface area (Å²) in [7, 11) is 0. The number of carbonyl (C=O) groups is 1. The van der Waals surface area contributed by atoms with E-state index in [9.17, 15) is 14.3 Å². The molecule has 1 aromatic carbocycles. The second-order valence-electron chi connectivity index (χ2n) is 5.40. The van der Waals surface area contributed by atoms with Crippen molar-refractivity contribution in [2.45, 2.75) is 18.6 Å². The van der Waals surface area contributed by atoms with Crippen molar-refractivity contribution >= 4 is 27.6 Å². The molecule has 112 valence electrons. The minimum absolute atomic E-state index is 0.286. The van der Waals surface area contributed by atoms with Crippen LogP contribution in [0, 0.1) is 5.82 Å². The zero-order valence-electron chi connectivity index (χ0n) is 11.5. The number of fused-ring (bicyclic) bond motifs is 2. The van der Waals surface area contributed by atoms with E-state index in [0.717, 1.165) is 15.8 Å². The van der Waals surface area contributed by atoms with Crippen LogP contribution < -0.4 is 5.32 Å². The Labute approximate surface area is 129 Å². The molecule has 0 saturated carbocycles. The molecule has 1 amide bonds. The molecule has 2 atom stereocenters. The Kier molecular flexibility index (Phi) is 3.02. The van der Waals surface area contributed by atoms with Gasteiger partial charge in [0.05, 0.1) is 22.4 Å². The monoisotopic (exact) mass is 316 g/mol. The topological polar surface area (TPSA) is 54.3 Å². The summed E-state index contributed by atoms with van der Waals surface area (Å²) in [6, 6.07) is 7.40. The van der Waals surface area contributed by atoms with Crippen LogP contribution in [0.2, 0.25) is 0 Å². The summed E-state index contributed by atoms with van der Waals surface area (Å²) in [5.74, 6) is -0.379. The van der Waals surface area contributed by atoms with Crippen molar-refractivity contribution in [1.82, 2.24) is 9.88 Å². The van der Waals surface area contributed by atoms with Gasteiger partial charge in [-0.15, -0.1) is 11.3 Å². The Hall–Kier alpha value is -2.18. The van der Waals surface area contributed by atoms with Crippen LogP contribution in [-0.4, -0.2) is 21.7 Å². The number of thiophene rings is 1. The molecule has 0 bridgehead atoms. The molecule has 22 heavy (non-hydrogen) atoms. The van der Waals surface area contributed by atoms with Gasteiger partial charge in [0.2, 0.25) is 0 Å². The first-order chi connectivity index (χ1) is 10.6. The molecule has 0 spiro atoms. The quantitative estimate of drug-likeness (QED) is 0.725. The maximum atomic E-state index is 13.3. The number of halogens is 1. The molecular formula is C16H13FN2O2S. The highest BCUT2D eigenvalue weighted by Crippen LogP contribution is 2.32. The molecule has 0 saturated heterocycles. The van der Waals surface area contributed by atoms with Crippen molar-refractivity contribution < 1.29 is 14.3 Å². The Morgan fingerprint density at radius 1 is 1.36 bits per heavy atom. The van der Waals surface area contributed by atoms with E-state index in [1.54, 1.807) is 23.6 Å². The third kappa shape index (κ3) is 2.03. The number of carbonyl (C=O) groups excluding carboxylic acids is 1. The van der Waals surface area contributed by atoms with Crippen LogP contribution in [0.15, 0.2) is 41.9 Å². The molecule has 2 N–H and O–H groups in total. The number of rotatable bonds is 1. The van der Waals surface area contributed by atoms with Gasteiger partial charge in [0, 0.05) is 6.20 Å². The van der Waals surface area contributed by atoms with Crippen LogP contribution in [0.1, 0.15) is 17.2 Å². The van der Waals surface area contributed by atoms with Gasteiger partial charge >= 0.3 is 6.03 Å². The third-order valence-electron chi connectivity index (χ3n) is 4.08. The smallest absolute Gasteiger partial charge is 0.326 e. The van der Waals surface area contributed by atoms with Gasteiger partial charge in [-0.3, -0.25) is 4.57 Å². The number of hydrogen-bond donors (Lipinski definition) is 2. The summed E-state index contributed by atoms with van der Waals surface area (Å²) in [4.78, 5) is 12.4. The van der Waals surface area contributed by atoms with Crippen LogP contribution >= 0.6 is 11.3 Å². The number of benzene rings is 1. The molecule has 0 aliphatic heterocycles. The van der Waals surface area contributed by atoms with E-state index in [0.29, 0.717) is 12.0 Å². The van der Waals surface area contributed by atoms with Gasteiger partial charge in [-0.25, -0.2) is 9.18 Å². The summed E-state index contributed by atoms with van der Waals surface area (Å²) in [5.41, 5.74) is 2.27. The lowest BCUT2D eigenvalue weighted by Gasteiger charge is -2.17. The highest BCUT2D eigenvalue weighted by molar-refractivity contribution is 7.17.